The van der Waals surface area contributed by atoms with E-state index in [9.17, 15) is 13.2 Å². The Labute approximate surface area is 69.3 Å². The molecule has 0 aromatic heterocycles. The Bertz CT molecular complexity index is 114. The monoisotopic (exact) mass is 186 g/mol. The van der Waals surface area contributed by atoms with Crippen molar-refractivity contribution in [3.05, 3.63) is 0 Å². The Morgan fingerprint density at radius 3 is 2.42 bits per heavy atom. The minimum Gasteiger partial charge on any atom is -0.391 e. The van der Waals surface area contributed by atoms with Crippen LogP contribution in [0.2, 0.25) is 0 Å². The molecule has 1 N–H and O–H groups in total. The van der Waals surface area contributed by atoms with Gasteiger partial charge in [-0.2, -0.15) is 13.2 Å². The summed E-state index contributed by atoms with van der Waals surface area (Å²) in [7, 11) is 0. The van der Waals surface area contributed by atoms with Crippen molar-refractivity contribution in [3.63, 3.8) is 0 Å². The van der Waals surface area contributed by atoms with Crippen LogP contribution in [0.4, 0.5) is 13.2 Å². The SMILES string of the molecule is CCOCC(O)CCC(F)(F)F. The van der Waals surface area contributed by atoms with E-state index in [4.69, 9.17) is 9.84 Å². The van der Waals surface area contributed by atoms with Gasteiger partial charge in [-0.25, -0.2) is 0 Å². The molecule has 0 aliphatic rings. The average molecular weight is 186 g/mol. The average Bonchev–Trinajstić information content (AvgIpc) is 1.95. The molecule has 0 aliphatic carbocycles. The zero-order chi connectivity index (χ0) is 9.61. The van der Waals surface area contributed by atoms with Crippen LogP contribution in [-0.4, -0.2) is 30.6 Å². The van der Waals surface area contributed by atoms with Crippen molar-refractivity contribution in [2.45, 2.75) is 32.0 Å². The minimum absolute atomic E-state index is 0.0212. The zero-order valence-electron chi connectivity index (χ0n) is 6.90. The number of ether oxygens (including phenoxy) is 1. The Morgan fingerprint density at radius 2 is 2.00 bits per heavy atom. The lowest BCUT2D eigenvalue weighted by Crippen LogP contribution is -2.19. The van der Waals surface area contributed by atoms with Gasteiger partial charge in [0.15, 0.2) is 0 Å². The fourth-order valence-corrected chi connectivity index (χ4v) is 0.667. The highest BCUT2D eigenvalue weighted by molar-refractivity contribution is 4.58. The lowest BCUT2D eigenvalue weighted by atomic mass is 10.2. The summed E-state index contributed by atoms with van der Waals surface area (Å²) in [5.41, 5.74) is 0. The van der Waals surface area contributed by atoms with Gasteiger partial charge in [-0.15, -0.1) is 0 Å². The van der Waals surface area contributed by atoms with E-state index in [0.717, 1.165) is 0 Å². The number of rotatable bonds is 5. The molecule has 0 aromatic rings. The van der Waals surface area contributed by atoms with E-state index in [1.807, 2.05) is 0 Å². The minimum atomic E-state index is -4.19. The number of alkyl halides is 3. The summed E-state index contributed by atoms with van der Waals surface area (Å²) in [5, 5.41) is 8.92. The van der Waals surface area contributed by atoms with Crippen molar-refractivity contribution in [3.8, 4) is 0 Å². The molecule has 0 rings (SSSR count). The largest absolute Gasteiger partial charge is 0.391 e. The number of halogens is 3. The van der Waals surface area contributed by atoms with Crippen molar-refractivity contribution in [2.75, 3.05) is 13.2 Å². The molecular weight excluding hydrogens is 173 g/mol. The van der Waals surface area contributed by atoms with Crippen LogP contribution in [0.25, 0.3) is 0 Å². The molecule has 74 valence electrons. The van der Waals surface area contributed by atoms with Gasteiger partial charge in [-0.3, -0.25) is 0 Å². The van der Waals surface area contributed by atoms with Crippen LogP contribution in [0, 0.1) is 0 Å². The maximum absolute atomic E-state index is 11.6. The fourth-order valence-electron chi connectivity index (χ4n) is 0.667. The molecule has 5 heteroatoms. The molecule has 0 fully saturated rings. The zero-order valence-corrected chi connectivity index (χ0v) is 6.90. The van der Waals surface area contributed by atoms with E-state index in [-0.39, 0.29) is 13.0 Å². The van der Waals surface area contributed by atoms with Crippen LogP contribution < -0.4 is 0 Å². The summed E-state index contributed by atoms with van der Waals surface area (Å²) in [6, 6.07) is 0. The Balaban J connectivity index is 3.37. The second kappa shape index (κ2) is 5.37. The van der Waals surface area contributed by atoms with Crippen molar-refractivity contribution in [2.24, 2.45) is 0 Å². The third-order valence-corrected chi connectivity index (χ3v) is 1.28. The highest BCUT2D eigenvalue weighted by Gasteiger charge is 2.27. The third-order valence-electron chi connectivity index (χ3n) is 1.28. The first-order chi connectivity index (χ1) is 5.45. The standard InChI is InChI=1S/C7H13F3O2/c1-2-12-5-6(11)3-4-7(8,9)10/h6,11H,2-5H2,1H3. The van der Waals surface area contributed by atoms with Crippen molar-refractivity contribution >= 4 is 0 Å². The van der Waals surface area contributed by atoms with Crippen LogP contribution >= 0.6 is 0 Å². The number of hydrogen-bond donors (Lipinski definition) is 1. The molecule has 0 aliphatic heterocycles. The Hall–Kier alpha value is -0.290. The van der Waals surface area contributed by atoms with Crippen molar-refractivity contribution in [1.82, 2.24) is 0 Å². The van der Waals surface area contributed by atoms with E-state index >= 15 is 0 Å². The molecule has 0 heterocycles. The fraction of sp³-hybridized carbons (Fsp3) is 1.00. The molecule has 1 unspecified atom stereocenters. The quantitative estimate of drug-likeness (QED) is 0.708. The Kier molecular flexibility index (Phi) is 5.24. The molecular formula is C7H13F3O2. The van der Waals surface area contributed by atoms with Crippen molar-refractivity contribution < 1.29 is 23.0 Å². The van der Waals surface area contributed by atoms with Crippen LogP contribution in [0.15, 0.2) is 0 Å². The summed E-state index contributed by atoms with van der Waals surface area (Å²) in [6.45, 7) is 2.10. The van der Waals surface area contributed by atoms with E-state index in [0.29, 0.717) is 6.61 Å². The van der Waals surface area contributed by atoms with E-state index in [1.54, 1.807) is 6.92 Å². The lowest BCUT2D eigenvalue weighted by Gasteiger charge is -2.11. The molecule has 12 heavy (non-hydrogen) atoms. The normalized spacial score (nSPS) is 14.8. The summed E-state index contributed by atoms with van der Waals surface area (Å²) in [6.07, 6.45) is -6.44. The van der Waals surface area contributed by atoms with E-state index in [2.05, 4.69) is 0 Å². The van der Waals surface area contributed by atoms with Crippen LogP contribution in [0.1, 0.15) is 19.8 Å². The van der Waals surface area contributed by atoms with Gasteiger partial charge in [0.25, 0.3) is 0 Å². The first-order valence-corrected chi connectivity index (χ1v) is 3.78. The Morgan fingerprint density at radius 1 is 1.42 bits per heavy atom. The molecule has 1 atom stereocenters. The van der Waals surface area contributed by atoms with Gasteiger partial charge in [-0.05, 0) is 13.3 Å². The molecule has 2 nitrogen and oxygen atoms in total. The summed E-state index contributed by atoms with van der Waals surface area (Å²) in [5.74, 6) is 0. The summed E-state index contributed by atoms with van der Waals surface area (Å²) < 4.78 is 39.5. The second-order valence-electron chi connectivity index (χ2n) is 2.47. The number of hydrogen-bond acceptors (Lipinski definition) is 2. The smallest absolute Gasteiger partial charge is 0.389 e. The maximum Gasteiger partial charge on any atom is 0.389 e. The van der Waals surface area contributed by atoms with Gasteiger partial charge in [0.05, 0.1) is 12.7 Å². The first kappa shape index (κ1) is 11.7. The molecule has 0 amide bonds. The van der Waals surface area contributed by atoms with Crippen molar-refractivity contribution in [1.29, 1.82) is 0 Å². The van der Waals surface area contributed by atoms with Gasteiger partial charge in [0, 0.05) is 13.0 Å². The van der Waals surface area contributed by atoms with Gasteiger partial charge in [-0.1, -0.05) is 0 Å². The number of aliphatic hydroxyl groups is 1. The van der Waals surface area contributed by atoms with Gasteiger partial charge < -0.3 is 9.84 Å². The highest BCUT2D eigenvalue weighted by atomic mass is 19.4. The van der Waals surface area contributed by atoms with Gasteiger partial charge in [0.2, 0.25) is 0 Å². The van der Waals surface area contributed by atoms with Gasteiger partial charge >= 0.3 is 6.18 Å². The third kappa shape index (κ3) is 7.81. The predicted octanol–water partition coefficient (Wildman–Crippen LogP) is 1.73. The molecule has 0 saturated heterocycles. The summed E-state index contributed by atoms with van der Waals surface area (Å²) >= 11 is 0. The predicted molar refractivity (Wildman–Crippen MR) is 37.8 cm³/mol. The van der Waals surface area contributed by atoms with Crippen LogP contribution in [0.5, 0.6) is 0 Å². The van der Waals surface area contributed by atoms with Gasteiger partial charge in [0.1, 0.15) is 0 Å². The molecule has 0 bridgehead atoms. The molecule has 0 aromatic carbocycles. The molecule has 0 saturated carbocycles. The maximum atomic E-state index is 11.6. The second-order valence-corrected chi connectivity index (χ2v) is 2.47. The van der Waals surface area contributed by atoms with E-state index < -0.39 is 18.7 Å². The van der Waals surface area contributed by atoms with Crippen LogP contribution in [0.3, 0.4) is 0 Å². The summed E-state index contributed by atoms with van der Waals surface area (Å²) in [4.78, 5) is 0. The molecule has 0 radical (unpaired) electrons. The lowest BCUT2D eigenvalue weighted by molar-refractivity contribution is -0.141. The number of aliphatic hydroxyl groups excluding tert-OH is 1. The molecule has 0 spiro atoms. The van der Waals surface area contributed by atoms with Crippen LogP contribution in [-0.2, 0) is 4.74 Å². The first-order valence-electron chi connectivity index (χ1n) is 3.78. The van der Waals surface area contributed by atoms with E-state index in [1.165, 1.54) is 0 Å². The topological polar surface area (TPSA) is 29.5 Å². The highest BCUT2D eigenvalue weighted by Crippen LogP contribution is 2.22.